The Morgan fingerprint density at radius 2 is 1.31 bits per heavy atom. The molecule has 2 aliphatic rings. The third-order valence-electron chi connectivity index (χ3n) is 4.89. The van der Waals surface area contributed by atoms with Crippen LogP contribution in [0.5, 0.6) is 11.5 Å². The fraction of sp³-hybridized carbons (Fsp3) is 0.567. The molecule has 0 aliphatic heterocycles. The van der Waals surface area contributed by atoms with Crippen molar-refractivity contribution >= 4 is 0 Å². The number of ether oxygens (including phenoxy) is 2. The van der Waals surface area contributed by atoms with Crippen molar-refractivity contribution in [1.29, 1.82) is 0 Å². The third kappa shape index (κ3) is 6.79. The summed E-state index contributed by atoms with van der Waals surface area (Å²) in [6.45, 7) is 6.42. The summed E-state index contributed by atoms with van der Waals surface area (Å²) in [6.07, 6.45) is -38.7. The van der Waals surface area contributed by atoms with Gasteiger partial charge in [-0.15, -0.1) is 0 Å². The van der Waals surface area contributed by atoms with Crippen molar-refractivity contribution in [2.24, 2.45) is 5.73 Å². The first-order chi connectivity index (χ1) is 28.0. The van der Waals surface area contributed by atoms with Gasteiger partial charge in [-0.3, -0.25) is 0 Å². The van der Waals surface area contributed by atoms with Gasteiger partial charge in [0.1, 0.15) is 18.5 Å². The lowest BCUT2D eigenvalue weighted by Gasteiger charge is -2.39. The molecule has 0 saturated heterocycles. The highest BCUT2D eigenvalue weighted by Gasteiger charge is 2.43. The van der Waals surface area contributed by atoms with E-state index in [9.17, 15) is 10.2 Å². The minimum absolute atomic E-state index is 0.211. The van der Waals surface area contributed by atoms with Gasteiger partial charge in [-0.25, -0.2) is 6.57 Å². The fourth-order valence-electron chi connectivity index (χ4n) is 3.11. The van der Waals surface area contributed by atoms with Crippen LogP contribution in [0, 0.1) is 6.57 Å². The lowest BCUT2D eigenvalue weighted by atomic mass is 9.73. The molecular formula is C30H42N2O4. The van der Waals surface area contributed by atoms with Crippen LogP contribution in [0.2, 0.25) is 0 Å². The van der Waals surface area contributed by atoms with Crippen molar-refractivity contribution in [3.8, 4) is 11.5 Å². The molecule has 2 saturated carbocycles. The van der Waals surface area contributed by atoms with Gasteiger partial charge in [-0.2, -0.15) is 0 Å². The van der Waals surface area contributed by atoms with Gasteiger partial charge in [0.15, 0.2) is 0 Å². The number of hydrogen-bond donors (Lipinski definition) is 3. The van der Waals surface area contributed by atoms with Crippen molar-refractivity contribution in [2.45, 2.75) is 86.8 Å². The molecule has 0 radical (unpaired) electrons. The quantitative estimate of drug-likeness (QED) is 0.401. The first-order valence-electron chi connectivity index (χ1n) is 24.1. The molecule has 0 amide bonds. The van der Waals surface area contributed by atoms with E-state index in [2.05, 4.69) is 14.3 Å². The number of benzene rings is 2. The van der Waals surface area contributed by atoms with Crippen LogP contribution in [0.25, 0.3) is 4.85 Å². The molecule has 4 rings (SSSR count). The summed E-state index contributed by atoms with van der Waals surface area (Å²) in [7, 11) is -5.67. The summed E-state index contributed by atoms with van der Waals surface area (Å²) in [5.41, 5.74) is -3.33. The Morgan fingerprint density at radius 1 is 0.861 bits per heavy atom. The zero-order chi connectivity index (χ0) is 50.8. The predicted octanol–water partition coefficient (Wildman–Crippen LogP) is 5.78. The topological polar surface area (TPSA) is 89.3 Å². The molecule has 2 aromatic carbocycles. The molecule has 0 bridgehead atoms. The summed E-state index contributed by atoms with van der Waals surface area (Å²) in [4.78, 5) is 2.84. The van der Waals surface area contributed by atoms with E-state index in [1.54, 1.807) is 0 Å². The van der Waals surface area contributed by atoms with Crippen LogP contribution in [-0.2, 0) is 0 Å². The Bertz CT molecular complexity index is 2040. The second-order valence-electron chi connectivity index (χ2n) is 7.07. The first kappa shape index (κ1) is 8.73. The van der Waals surface area contributed by atoms with Gasteiger partial charge in [0.05, 0.1) is 27.9 Å². The summed E-state index contributed by atoms with van der Waals surface area (Å²) < 4.78 is 230. The summed E-state index contributed by atoms with van der Waals surface area (Å²) in [6, 6.07) is 4.18. The normalized spacial score (nSPS) is 48.1. The molecule has 6 nitrogen and oxygen atoms in total. The molecule has 196 valence electrons. The maximum atomic E-state index is 11.5. The van der Waals surface area contributed by atoms with Gasteiger partial charge in [-0.1, -0.05) is 50.4 Å². The molecule has 0 aromatic heterocycles. The SMILES string of the molecule is [2H]C([2H])([2H])Oc1ccc(C([2H])(CN)C2(O)C([2H])([2H])C([2H])([2H])C([2H])([2H])C([2H])([2H])C2([2H])[2H])cc1.[2H]C([2H])([2H])Oc1ccc(C([2H])([N+]#[C-])C2(O)C([2H])([2H])C([2H])([2H])C([2H])([2H])C([2H])([2H])C2([2H])[2H])cc1. The van der Waals surface area contributed by atoms with E-state index in [0.717, 1.165) is 48.5 Å². The molecule has 2 fully saturated rings. The van der Waals surface area contributed by atoms with Crippen molar-refractivity contribution in [3.63, 3.8) is 0 Å². The first-order valence-corrected chi connectivity index (χ1v) is 10.1. The van der Waals surface area contributed by atoms with E-state index in [1.165, 1.54) is 0 Å². The van der Waals surface area contributed by atoms with E-state index >= 15 is 0 Å². The van der Waals surface area contributed by atoms with Crippen LogP contribution in [0.15, 0.2) is 48.5 Å². The minimum Gasteiger partial charge on any atom is -0.497 e. The Hall–Kier alpha value is -2.59. The van der Waals surface area contributed by atoms with Gasteiger partial charge < -0.3 is 30.3 Å². The molecule has 2 unspecified atom stereocenters. The molecule has 2 aliphatic carbocycles. The molecule has 4 N–H and O–H groups in total. The number of rotatable bonds is 7. The number of methoxy groups -OCH3 is 2. The summed E-state index contributed by atoms with van der Waals surface area (Å²) >= 11 is 0. The van der Waals surface area contributed by atoms with Crippen LogP contribution in [0.4, 0.5) is 0 Å². The van der Waals surface area contributed by atoms with Crippen molar-refractivity contribution in [1.82, 2.24) is 0 Å². The molecule has 0 heterocycles. The molecular weight excluding hydrogens is 452 g/mol. The lowest BCUT2D eigenvalue weighted by Crippen LogP contribution is -2.41. The Balaban J connectivity index is 0.000000340. The van der Waals surface area contributed by atoms with Gasteiger partial charge in [0.2, 0.25) is 0 Å². The maximum absolute atomic E-state index is 11.5. The van der Waals surface area contributed by atoms with Crippen molar-refractivity contribution < 1.29 is 58.1 Å². The molecule has 2 atom stereocenters. The molecule has 6 heteroatoms. The van der Waals surface area contributed by atoms with E-state index in [4.69, 9.17) is 50.7 Å². The van der Waals surface area contributed by atoms with Crippen LogP contribution in [-0.4, -0.2) is 42.0 Å². The van der Waals surface area contributed by atoms with E-state index < -0.39 is 119 Å². The van der Waals surface area contributed by atoms with Gasteiger partial charge in [-0.05, 0) is 67.5 Å². The van der Waals surface area contributed by atoms with Crippen molar-refractivity contribution in [2.75, 3.05) is 20.6 Å². The van der Waals surface area contributed by atoms with Crippen LogP contribution in [0.1, 0.15) is 125 Å². The number of nitrogens with zero attached hydrogens (tertiary/aromatic N) is 1. The molecule has 0 spiro atoms. The third-order valence-corrected chi connectivity index (χ3v) is 4.89. The van der Waals surface area contributed by atoms with E-state index in [1.807, 2.05) is 0 Å². The van der Waals surface area contributed by atoms with Crippen molar-refractivity contribution in [3.05, 3.63) is 71.1 Å². The number of hydrogen-bond acceptors (Lipinski definition) is 5. The van der Waals surface area contributed by atoms with Gasteiger partial charge in [0, 0.05) is 46.8 Å². The average molecular weight is 523 g/mol. The molecule has 2 aromatic rings. The maximum Gasteiger partial charge on any atom is 0.276 e. The minimum atomic E-state index is -4.08. The predicted molar refractivity (Wildman–Crippen MR) is 143 cm³/mol. The van der Waals surface area contributed by atoms with Crippen LogP contribution in [0.3, 0.4) is 0 Å². The Kier molecular flexibility index (Phi) is 3.18. The highest BCUT2D eigenvalue weighted by molar-refractivity contribution is 5.33. The zero-order valence-electron chi connectivity index (χ0n) is 46.6. The number of nitrogens with two attached hydrogens (primary N) is 1. The fourth-order valence-corrected chi connectivity index (χ4v) is 3.11. The Morgan fingerprint density at radius 3 is 1.72 bits per heavy atom. The van der Waals surface area contributed by atoms with Crippen LogP contribution < -0.4 is 15.2 Å². The highest BCUT2D eigenvalue weighted by Crippen LogP contribution is 2.41. The van der Waals surface area contributed by atoms with E-state index in [0.29, 0.717) is 0 Å². The standard InChI is InChI=1S/C15H19NO2.C15H23NO2/c1-16-14(15(17)10-4-3-5-11-15)12-6-8-13(18-2)9-7-12;1-18-13-7-5-12(6-8-13)14(11-16)15(17)9-3-2-4-10-15/h6-9,14,17H,3-5,10-11H2,2H3;5-8,14,17H,2-4,9-11,16H2,1H3/i2D3,3D2,4D2,5D2,10D2,11D2,14D;1D3,2D2,3D2,4D2,9D2,10D2,14D. The van der Waals surface area contributed by atoms with Gasteiger partial charge >= 0.3 is 0 Å². The summed E-state index contributed by atoms with van der Waals surface area (Å²) in [5.74, 6) is -3.43. The van der Waals surface area contributed by atoms with Gasteiger partial charge in [0.25, 0.3) is 6.02 Å². The second kappa shape index (κ2) is 13.1. The largest absolute Gasteiger partial charge is 0.497 e. The second-order valence-corrected chi connectivity index (χ2v) is 7.07. The Labute approximate surface area is 255 Å². The zero-order valence-corrected chi connectivity index (χ0v) is 18.6. The van der Waals surface area contributed by atoms with E-state index in [-0.39, 0.29) is 11.5 Å². The number of aliphatic hydroxyl groups is 2. The smallest absolute Gasteiger partial charge is 0.276 e. The lowest BCUT2D eigenvalue weighted by molar-refractivity contribution is -0.0194. The molecule has 36 heavy (non-hydrogen) atoms. The van der Waals surface area contributed by atoms with Crippen LogP contribution >= 0.6 is 0 Å². The average Bonchev–Trinajstić information content (AvgIpc) is 3.14. The highest BCUT2D eigenvalue weighted by atomic mass is 16.5. The summed E-state index contributed by atoms with van der Waals surface area (Å²) in [5, 5.41) is 22.8. The monoisotopic (exact) mass is 522 g/mol.